The molecule has 5 heteroatoms. The van der Waals surface area contributed by atoms with Crippen LogP contribution < -0.4 is 5.32 Å². The van der Waals surface area contributed by atoms with Gasteiger partial charge in [0.25, 0.3) is 0 Å². The van der Waals surface area contributed by atoms with Crippen LogP contribution in [0.4, 0.5) is 0 Å². The molecule has 0 aromatic carbocycles. The van der Waals surface area contributed by atoms with Crippen molar-refractivity contribution in [3.05, 3.63) is 16.6 Å². The standard InChI is InChI=1S/C4H4ClNS.C3H5NO/c5-1-4-2-6-3-7-4;1-2-3(5)4-2/h2-3H,1H2;2H,1H3,(H,4,5). The average molecular weight is 205 g/mol. The monoisotopic (exact) mass is 204 g/mol. The summed E-state index contributed by atoms with van der Waals surface area (Å²) in [6, 6.07) is 0.162. The highest BCUT2D eigenvalue weighted by Gasteiger charge is 2.26. The molecule has 1 amide bonds. The minimum atomic E-state index is 0.162. The van der Waals surface area contributed by atoms with Crippen molar-refractivity contribution in [2.24, 2.45) is 0 Å². The Balaban J connectivity index is 0.000000127. The molecule has 1 atom stereocenters. The summed E-state index contributed by atoms with van der Waals surface area (Å²) in [4.78, 5) is 14.7. The van der Waals surface area contributed by atoms with Crippen LogP contribution in [-0.4, -0.2) is 16.9 Å². The Morgan fingerprint density at radius 3 is 2.58 bits per heavy atom. The van der Waals surface area contributed by atoms with E-state index >= 15 is 0 Å². The van der Waals surface area contributed by atoms with E-state index in [2.05, 4.69) is 10.3 Å². The number of carbonyl (C=O) groups is 1. The number of thiazole rings is 1. The van der Waals surface area contributed by atoms with Gasteiger partial charge in [0.2, 0.25) is 5.91 Å². The number of nitrogens with one attached hydrogen (secondary N) is 1. The van der Waals surface area contributed by atoms with Crippen LogP contribution in [0.15, 0.2) is 11.7 Å². The number of halogens is 1. The molecule has 66 valence electrons. The first kappa shape index (κ1) is 9.48. The quantitative estimate of drug-likeness (QED) is 0.555. The number of hydrogen-bond donors (Lipinski definition) is 1. The number of alkyl halides is 1. The van der Waals surface area contributed by atoms with Crippen molar-refractivity contribution < 1.29 is 4.79 Å². The molecule has 0 radical (unpaired) electrons. The van der Waals surface area contributed by atoms with E-state index in [-0.39, 0.29) is 11.9 Å². The predicted molar refractivity (Wildman–Crippen MR) is 49.3 cm³/mol. The summed E-state index contributed by atoms with van der Waals surface area (Å²) < 4.78 is 0. The van der Waals surface area contributed by atoms with E-state index in [0.29, 0.717) is 5.88 Å². The second-order valence-electron chi connectivity index (χ2n) is 2.33. The molecule has 1 aliphatic rings. The van der Waals surface area contributed by atoms with Crippen LogP contribution >= 0.6 is 22.9 Å². The van der Waals surface area contributed by atoms with E-state index in [4.69, 9.17) is 11.6 Å². The summed E-state index contributed by atoms with van der Waals surface area (Å²) in [6.07, 6.45) is 1.78. The first-order chi connectivity index (χ1) is 5.74. The van der Waals surface area contributed by atoms with Gasteiger partial charge >= 0.3 is 0 Å². The number of amides is 1. The minimum absolute atomic E-state index is 0.162. The van der Waals surface area contributed by atoms with Gasteiger partial charge in [0.1, 0.15) is 6.04 Å². The van der Waals surface area contributed by atoms with Crippen molar-refractivity contribution in [3.8, 4) is 0 Å². The molecular formula is C7H9ClN2OS. The molecule has 1 unspecified atom stereocenters. The molecule has 1 saturated heterocycles. The van der Waals surface area contributed by atoms with Crippen molar-refractivity contribution in [2.75, 3.05) is 0 Å². The van der Waals surface area contributed by atoms with Crippen LogP contribution in [-0.2, 0) is 10.7 Å². The Bertz CT molecular complexity index is 250. The highest BCUT2D eigenvalue weighted by atomic mass is 35.5. The zero-order valence-electron chi connectivity index (χ0n) is 6.58. The molecule has 1 N–H and O–H groups in total. The first-order valence-corrected chi connectivity index (χ1v) is 4.89. The van der Waals surface area contributed by atoms with Gasteiger partial charge in [0, 0.05) is 11.1 Å². The van der Waals surface area contributed by atoms with Gasteiger partial charge in [0.15, 0.2) is 0 Å². The fourth-order valence-corrected chi connectivity index (χ4v) is 1.18. The lowest BCUT2D eigenvalue weighted by Gasteiger charge is -1.74. The Hall–Kier alpha value is -0.610. The van der Waals surface area contributed by atoms with Crippen molar-refractivity contribution in [2.45, 2.75) is 18.8 Å². The smallest absolute Gasteiger partial charge is 0.242 e. The third-order valence-electron chi connectivity index (χ3n) is 1.28. The van der Waals surface area contributed by atoms with Crippen molar-refractivity contribution >= 4 is 28.8 Å². The van der Waals surface area contributed by atoms with Crippen molar-refractivity contribution in [1.82, 2.24) is 10.3 Å². The van der Waals surface area contributed by atoms with Crippen LogP contribution in [0, 0.1) is 0 Å². The third-order valence-corrected chi connectivity index (χ3v) is 2.51. The zero-order valence-corrected chi connectivity index (χ0v) is 8.15. The van der Waals surface area contributed by atoms with E-state index in [0.717, 1.165) is 4.88 Å². The molecule has 12 heavy (non-hydrogen) atoms. The Kier molecular flexibility index (Phi) is 3.49. The van der Waals surface area contributed by atoms with Crippen LogP contribution in [0.5, 0.6) is 0 Å². The van der Waals surface area contributed by atoms with Gasteiger partial charge in [0.05, 0.1) is 11.4 Å². The van der Waals surface area contributed by atoms with Gasteiger partial charge in [-0.05, 0) is 6.92 Å². The second-order valence-corrected chi connectivity index (χ2v) is 3.57. The third kappa shape index (κ3) is 3.19. The maximum absolute atomic E-state index is 9.78. The van der Waals surface area contributed by atoms with E-state index < -0.39 is 0 Å². The lowest BCUT2D eigenvalue weighted by atomic mass is 10.6. The maximum Gasteiger partial charge on any atom is 0.242 e. The molecule has 1 aliphatic heterocycles. The fourth-order valence-electron chi connectivity index (χ4n) is 0.480. The predicted octanol–water partition coefficient (Wildman–Crippen LogP) is 1.39. The highest BCUT2D eigenvalue weighted by molar-refractivity contribution is 7.09. The largest absolute Gasteiger partial charge is 0.343 e. The van der Waals surface area contributed by atoms with E-state index in [9.17, 15) is 4.79 Å². The molecule has 1 aromatic rings. The normalized spacial score (nSPS) is 19.2. The molecule has 1 fully saturated rings. The summed E-state index contributed by atoms with van der Waals surface area (Å²) in [7, 11) is 0. The first-order valence-electron chi connectivity index (χ1n) is 3.47. The number of rotatable bonds is 1. The summed E-state index contributed by atoms with van der Waals surface area (Å²) in [5, 5.41) is 2.56. The molecule has 0 spiro atoms. The van der Waals surface area contributed by atoms with Crippen LogP contribution in [0.2, 0.25) is 0 Å². The Morgan fingerprint density at radius 1 is 1.83 bits per heavy atom. The fraction of sp³-hybridized carbons (Fsp3) is 0.429. The van der Waals surface area contributed by atoms with Gasteiger partial charge in [-0.2, -0.15) is 0 Å². The topological polar surface area (TPSA) is 51.9 Å². The maximum atomic E-state index is 9.78. The molecule has 0 bridgehead atoms. The highest BCUT2D eigenvalue weighted by Crippen LogP contribution is 2.06. The van der Waals surface area contributed by atoms with E-state index in [1.165, 1.54) is 0 Å². The van der Waals surface area contributed by atoms with Crippen LogP contribution in [0.1, 0.15) is 11.8 Å². The van der Waals surface area contributed by atoms with E-state index in [1.807, 2.05) is 6.92 Å². The van der Waals surface area contributed by atoms with Crippen molar-refractivity contribution in [1.29, 1.82) is 0 Å². The summed E-state index contributed by atoms with van der Waals surface area (Å²) in [5.41, 5.74) is 1.78. The lowest BCUT2D eigenvalue weighted by molar-refractivity contribution is -0.110. The van der Waals surface area contributed by atoms with Gasteiger partial charge in [-0.1, -0.05) is 0 Å². The average Bonchev–Trinajstić information content (AvgIpc) is 2.62. The molecule has 3 nitrogen and oxygen atoms in total. The number of aromatic nitrogens is 1. The molecule has 0 aliphatic carbocycles. The van der Waals surface area contributed by atoms with Gasteiger partial charge in [-0.3, -0.25) is 9.78 Å². The minimum Gasteiger partial charge on any atom is -0.343 e. The molecule has 1 aromatic heterocycles. The summed E-state index contributed by atoms with van der Waals surface area (Å²) in [5.74, 6) is 0.759. The van der Waals surface area contributed by atoms with Crippen LogP contribution in [0.25, 0.3) is 0 Å². The van der Waals surface area contributed by atoms with Crippen molar-refractivity contribution in [3.63, 3.8) is 0 Å². The Morgan fingerprint density at radius 2 is 2.42 bits per heavy atom. The number of nitrogens with zero attached hydrogens (tertiary/aromatic N) is 1. The molecule has 2 heterocycles. The van der Waals surface area contributed by atoms with Gasteiger partial charge in [-0.15, -0.1) is 22.9 Å². The summed E-state index contributed by atoms with van der Waals surface area (Å²) in [6.45, 7) is 1.84. The molecule has 0 saturated carbocycles. The van der Waals surface area contributed by atoms with Gasteiger partial charge in [-0.25, -0.2) is 0 Å². The van der Waals surface area contributed by atoms with E-state index in [1.54, 1.807) is 23.0 Å². The van der Waals surface area contributed by atoms with Gasteiger partial charge < -0.3 is 5.32 Å². The zero-order chi connectivity index (χ0) is 8.97. The molecule has 2 rings (SSSR count). The number of hydrogen-bond acceptors (Lipinski definition) is 3. The second kappa shape index (κ2) is 4.42. The molecular weight excluding hydrogens is 196 g/mol. The Labute approximate surface area is 79.8 Å². The summed E-state index contributed by atoms with van der Waals surface area (Å²) >= 11 is 7.02. The SMILES string of the molecule is CC1NC1=O.ClCc1cncs1. The lowest BCUT2D eigenvalue weighted by Crippen LogP contribution is -1.73. The number of carbonyl (C=O) groups excluding carboxylic acids is 1. The van der Waals surface area contributed by atoms with Crippen LogP contribution in [0.3, 0.4) is 0 Å².